The van der Waals surface area contributed by atoms with Crippen molar-refractivity contribution < 1.29 is 28.5 Å². The van der Waals surface area contributed by atoms with Gasteiger partial charge in [-0.2, -0.15) is 0 Å². The molecule has 0 bridgehead atoms. The molecule has 0 amide bonds. The summed E-state index contributed by atoms with van der Waals surface area (Å²) in [5.74, 6) is 0. The zero-order chi connectivity index (χ0) is 12.6. The maximum Gasteiger partial charge on any atom is 0.508 e. The number of hydrogen-bond donors (Lipinski definition) is 0. The van der Waals surface area contributed by atoms with Gasteiger partial charge in [-0.25, -0.2) is 9.59 Å². The third-order valence-electron chi connectivity index (χ3n) is 1.59. The van der Waals surface area contributed by atoms with Crippen LogP contribution in [-0.4, -0.2) is 38.7 Å². The molecule has 0 saturated heterocycles. The Morgan fingerprint density at radius 3 is 1.44 bits per heavy atom. The number of carbonyl (C=O) groups excluding carboxylic acids is 2. The standard InChI is InChI=1S/C10H14O6/c1-5-7(15-9(11)13-3)8(6-2)16-10(12)14-4/h5-8H,1-2H2,3-4H3. The molecule has 0 aliphatic carbocycles. The van der Waals surface area contributed by atoms with Crippen LogP contribution in [0.1, 0.15) is 0 Å². The molecule has 0 aromatic carbocycles. The number of rotatable bonds is 5. The van der Waals surface area contributed by atoms with Gasteiger partial charge in [-0.1, -0.05) is 13.2 Å². The first-order valence-corrected chi connectivity index (χ1v) is 4.33. The average Bonchev–Trinajstić information content (AvgIpc) is 2.32. The van der Waals surface area contributed by atoms with Crippen molar-refractivity contribution in [1.29, 1.82) is 0 Å². The number of methoxy groups -OCH3 is 2. The first-order valence-electron chi connectivity index (χ1n) is 4.33. The molecule has 0 radical (unpaired) electrons. The quantitative estimate of drug-likeness (QED) is 0.528. The van der Waals surface area contributed by atoms with Gasteiger partial charge >= 0.3 is 12.3 Å². The van der Waals surface area contributed by atoms with Gasteiger partial charge in [0.25, 0.3) is 0 Å². The van der Waals surface area contributed by atoms with E-state index in [1.165, 1.54) is 12.2 Å². The monoisotopic (exact) mass is 230 g/mol. The van der Waals surface area contributed by atoms with Crippen LogP contribution >= 0.6 is 0 Å². The Hall–Kier alpha value is -1.98. The predicted octanol–water partition coefficient (Wildman–Crippen LogP) is 1.66. The summed E-state index contributed by atoms with van der Waals surface area (Å²) >= 11 is 0. The Kier molecular flexibility index (Phi) is 6.42. The van der Waals surface area contributed by atoms with E-state index in [0.717, 1.165) is 14.2 Å². The fourth-order valence-electron chi connectivity index (χ4n) is 0.817. The van der Waals surface area contributed by atoms with Crippen molar-refractivity contribution in [3.05, 3.63) is 25.3 Å². The van der Waals surface area contributed by atoms with Gasteiger partial charge in [-0.05, 0) is 12.2 Å². The molecule has 2 atom stereocenters. The van der Waals surface area contributed by atoms with Crippen molar-refractivity contribution in [3.63, 3.8) is 0 Å². The normalized spacial score (nSPS) is 12.9. The van der Waals surface area contributed by atoms with E-state index < -0.39 is 24.5 Å². The first-order chi connectivity index (χ1) is 7.58. The summed E-state index contributed by atoms with van der Waals surface area (Å²) in [4.78, 5) is 21.7. The highest BCUT2D eigenvalue weighted by atomic mass is 16.7. The first kappa shape index (κ1) is 14.0. The molecule has 0 aromatic rings. The van der Waals surface area contributed by atoms with Crippen LogP contribution in [0.5, 0.6) is 0 Å². The van der Waals surface area contributed by atoms with Crippen LogP contribution in [0.15, 0.2) is 25.3 Å². The number of carbonyl (C=O) groups is 2. The summed E-state index contributed by atoms with van der Waals surface area (Å²) in [7, 11) is 2.32. The molecule has 16 heavy (non-hydrogen) atoms. The molecule has 6 nitrogen and oxygen atoms in total. The zero-order valence-corrected chi connectivity index (χ0v) is 9.17. The van der Waals surface area contributed by atoms with Gasteiger partial charge in [0.2, 0.25) is 0 Å². The molecule has 0 rings (SSSR count). The SMILES string of the molecule is C=CC(OC(=O)OC)C(C=C)OC(=O)OC. The molecule has 0 aliphatic rings. The molecule has 90 valence electrons. The Morgan fingerprint density at radius 2 is 1.25 bits per heavy atom. The second kappa shape index (κ2) is 7.33. The van der Waals surface area contributed by atoms with Crippen LogP contribution in [0.2, 0.25) is 0 Å². The molecule has 0 heterocycles. The number of hydrogen-bond acceptors (Lipinski definition) is 6. The van der Waals surface area contributed by atoms with Gasteiger partial charge in [-0.15, -0.1) is 0 Å². The van der Waals surface area contributed by atoms with Crippen molar-refractivity contribution in [1.82, 2.24) is 0 Å². The lowest BCUT2D eigenvalue weighted by Gasteiger charge is -2.20. The van der Waals surface area contributed by atoms with E-state index in [2.05, 4.69) is 22.6 Å². The van der Waals surface area contributed by atoms with E-state index in [0.29, 0.717) is 0 Å². The van der Waals surface area contributed by atoms with Crippen molar-refractivity contribution in [2.24, 2.45) is 0 Å². The highest BCUT2D eigenvalue weighted by Crippen LogP contribution is 2.09. The maximum atomic E-state index is 10.9. The van der Waals surface area contributed by atoms with Gasteiger partial charge < -0.3 is 18.9 Å². The summed E-state index contributed by atoms with van der Waals surface area (Å²) in [6.45, 7) is 6.88. The smallest absolute Gasteiger partial charge is 0.438 e. The molecule has 0 saturated carbocycles. The van der Waals surface area contributed by atoms with Gasteiger partial charge in [0, 0.05) is 0 Å². The highest BCUT2D eigenvalue weighted by Gasteiger charge is 2.24. The van der Waals surface area contributed by atoms with Crippen LogP contribution in [0.25, 0.3) is 0 Å². The molecule has 0 aliphatic heterocycles. The van der Waals surface area contributed by atoms with Crippen LogP contribution in [0.3, 0.4) is 0 Å². The summed E-state index contributed by atoms with van der Waals surface area (Å²) in [6.07, 6.45) is -1.03. The van der Waals surface area contributed by atoms with Gasteiger partial charge in [0.1, 0.15) is 0 Å². The van der Waals surface area contributed by atoms with E-state index in [9.17, 15) is 9.59 Å². The summed E-state index contributed by atoms with van der Waals surface area (Å²) < 4.78 is 18.1. The summed E-state index contributed by atoms with van der Waals surface area (Å²) in [5.41, 5.74) is 0. The zero-order valence-electron chi connectivity index (χ0n) is 9.17. The third-order valence-corrected chi connectivity index (χ3v) is 1.59. The molecule has 0 fully saturated rings. The fraction of sp³-hybridized carbons (Fsp3) is 0.400. The van der Waals surface area contributed by atoms with Crippen molar-refractivity contribution in [3.8, 4) is 0 Å². The Labute approximate surface area is 93.4 Å². The van der Waals surface area contributed by atoms with Gasteiger partial charge in [0.15, 0.2) is 12.2 Å². The second-order valence-electron chi connectivity index (χ2n) is 2.54. The van der Waals surface area contributed by atoms with Gasteiger partial charge in [-0.3, -0.25) is 0 Å². The van der Waals surface area contributed by atoms with Crippen molar-refractivity contribution in [2.45, 2.75) is 12.2 Å². The van der Waals surface area contributed by atoms with E-state index in [1.807, 2.05) is 0 Å². The van der Waals surface area contributed by atoms with E-state index >= 15 is 0 Å². The predicted molar refractivity (Wildman–Crippen MR) is 55.0 cm³/mol. The Morgan fingerprint density at radius 1 is 0.938 bits per heavy atom. The minimum atomic E-state index is -0.912. The van der Waals surface area contributed by atoms with E-state index in [4.69, 9.17) is 9.47 Å². The average molecular weight is 230 g/mol. The molecule has 6 heteroatoms. The van der Waals surface area contributed by atoms with Crippen LogP contribution in [0.4, 0.5) is 9.59 Å². The molecule has 0 spiro atoms. The lowest BCUT2D eigenvalue weighted by atomic mass is 10.2. The van der Waals surface area contributed by atoms with Crippen LogP contribution < -0.4 is 0 Å². The van der Waals surface area contributed by atoms with Crippen LogP contribution in [0, 0.1) is 0 Å². The van der Waals surface area contributed by atoms with E-state index in [1.54, 1.807) is 0 Å². The molecule has 0 N–H and O–H groups in total. The second-order valence-corrected chi connectivity index (χ2v) is 2.54. The molecule has 2 unspecified atom stereocenters. The van der Waals surface area contributed by atoms with Crippen LogP contribution in [-0.2, 0) is 18.9 Å². The molecule has 0 aromatic heterocycles. The Bertz CT molecular complexity index is 244. The topological polar surface area (TPSA) is 71.1 Å². The number of ether oxygens (including phenoxy) is 4. The Balaban J connectivity index is 4.49. The summed E-state index contributed by atoms with van der Waals surface area (Å²) in [5, 5.41) is 0. The minimum Gasteiger partial charge on any atom is -0.438 e. The van der Waals surface area contributed by atoms with Crippen molar-refractivity contribution >= 4 is 12.3 Å². The highest BCUT2D eigenvalue weighted by molar-refractivity contribution is 5.61. The minimum absolute atomic E-state index is 0.885. The van der Waals surface area contributed by atoms with Crippen molar-refractivity contribution in [2.75, 3.05) is 14.2 Å². The van der Waals surface area contributed by atoms with Gasteiger partial charge in [0.05, 0.1) is 14.2 Å². The lowest BCUT2D eigenvalue weighted by molar-refractivity contribution is -0.0146. The molecular weight excluding hydrogens is 216 g/mol. The maximum absolute atomic E-state index is 10.9. The molecular formula is C10H14O6. The van der Waals surface area contributed by atoms with E-state index in [-0.39, 0.29) is 0 Å². The fourth-order valence-corrected chi connectivity index (χ4v) is 0.817. The lowest BCUT2D eigenvalue weighted by Crippen LogP contribution is -2.32. The largest absolute Gasteiger partial charge is 0.508 e. The third kappa shape index (κ3) is 4.50. The summed E-state index contributed by atoms with van der Waals surface area (Å²) in [6, 6.07) is 0.